The summed E-state index contributed by atoms with van der Waals surface area (Å²) in [6, 6.07) is 0.652. The normalized spacial score (nSPS) is 28.9. The van der Waals surface area contributed by atoms with E-state index in [1.54, 1.807) is 0 Å². The van der Waals surface area contributed by atoms with Gasteiger partial charge in [-0.25, -0.2) is 0 Å². The van der Waals surface area contributed by atoms with Gasteiger partial charge in [-0.3, -0.25) is 0 Å². The molecule has 1 saturated heterocycles. The third-order valence-electron chi connectivity index (χ3n) is 4.52. The predicted molar refractivity (Wildman–Crippen MR) is 72.3 cm³/mol. The van der Waals surface area contributed by atoms with E-state index in [0.717, 1.165) is 6.54 Å². The van der Waals surface area contributed by atoms with Gasteiger partial charge >= 0.3 is 0 Å². The molecule has 1 saturated carbocycles. The van der Waals surface area contributed by atoms with E-state index in [1.807, 2.05) is 0 Å². The molecular weight excluding hydrogens is 210 g/mol. The van der Waals surface area contributed by atoms with Crippen molar-refractivity contribution in [3.05, 3.63) is 0 Å². The number of hydrogen-bond donors (Lipinski definition) is 1. The second kappa shape index (κ2) is 6.19. The van der Waals surface area contributed by atoms with E-state index in [1.165, 1.54) is 57.8 Å². The molecule has 2 unspecified atom stereocenters. The van der Waals surface area contributed by atoms with Crippen LogP contribution in [-0.2, 0) is 4.74 Å². The lowest BCUT2D eigenvalue weighted by Crippen LogP contribution is -2.29. The predicted octanol–water partition coefficient (Wildman–Crippen LogP) is 3.65. The molecule has 0 aromatic rings. The zero-order valence-electron chi connectivity index (χ0n) is 11.6. The van der Waals surface area contributed by atoms with Gasteiger partial charge in [0.25, 0.3) is 0 Å². The highest BCUT2D eigenvalue weighted by Gasteiger charge is 2.41. The van der Waals surface area contributed by atoms with Gasteiger partial charge in [-0.05, 0) is 58.4 Å². The molecule has 2 rings (SSSR count). The van der Waals surface area contributed by atoms with Crippen LogP contribution in [0.15, 0.2) is 0 Å². The van der Waals surface area contributed by atoms with Crippen LogP contribution in [0.2, 0.25) is 0 Å². The molecule has 2 nitrogen and oxygen atoms in total. The second-order valence-corrected chi connectivity index (χ2v) is 6.10. The Labute approximate surface area is 107 Å². The molecule has 0 aromatic carbocycles. The minimum atomic E-state index is 0.324. The van der Waals surface area contributed by atoms with Gasteiger partial charge in [0.15, 0.2) is 0 Å². The Balaban J connectivity index is 1.64. The van der Waals surface area contributed by atoms with Crippen LogP contribution in [-0.4, -0.2) is 24.3 Å². The average Bonchev–Trinajstić information content (AvgIpc) is 2.95. The molecule has 2 atom stereocenters. The van der Waals surface area contributed by atoms with Crippen molar-refractivity contribution in [1.82, 2.24) is 5.32 Å². The van der Waals surface area contributed by atoms with Crippen molar-refractivity contribution in [2.24, 2.45) is 0 Å². The van der Waals surface area contributed by atoms with Crippen LogP contribution in [0.5, 0.6) is 0 Å². The molecule has 0 amide bonds. The molecule has 0 radical (unpaired) electrons. The van der Waals surface area contributed by atoms with E-state index in [0.29, 0.717) is 17.7 Å². The Morgan fingerprint density at radius 2 is 2.06 bits per heavy atom. The largest absolute Gasteiger partial charge is 0.372 e. The van der Waals surface area contributed by atoms with E-state index >= 15 is 0 Å². The fourth-order valence-corrected chi connectivity index (χ4v) is 3.41. The van der Waals surface area contributed by atoms with E-state index in [2.05, 4.69) is 19.2 Å². The summed E-state index contributed by atoms with van der Waals surface area (Å²) in [5.41, 5.74) is 0.324. The minimum absolute atomic E-state index is 0.324. The van der Waals surface area contributed by atoms with Crippen molar-refractivity contribution < 1.29 is 4.74 Å². The van der Waals surface area contributed by atoms with Crippen LogP contribution in [0.4, 0.5) is 0 Å². The van der Waals surface area contributed by atoms with Crippen LogP contribution in [0, 0.1) is 0 Å². The van der Waals surface area contributed by atoms with Crippen molar-refractivity contribution >= 4 is 0 Å². The van der Waals surface area contributed by atoms with Gasteiger partial charge in [-0.2, -0.15) is 0 Å². The van der Waals surface area contributed by atoms with Crippen molar-refractivity contribution in [3.63, 3.8) is 0 Å². The summed E-state index contributed by atoms with van der Waals surface area (Å²) in [6.45, 7) is 5.68. The third-order valence-corrected chi connectivity index (χ3v) is 4.52. The molecule has 1 spiro atoms. The maximum atomic E-state index is 6.34. The maximum Gasteiger partial charge on any atom is 0.0687 e. The molecule has 0 bridgehead atoms. The zero-order valence-corrected chi connectivity index (χ0v) is 11.6. The van der Waals surface area contributed by atoms with E-state index in [9.17, 15) is 0 Å². The molecule has 1 heterocycles. The first-order valence-corrected chi connectivity index (χ1v) is 7.65. The molecule has 2 aliphatic rings. The third kappa shape index (κ3) is 3.69. The van der Waals surface area contributed by atoms with Crippen LogP contribution in [0.1, 0.15) is 71.6 Å². The Morgan fingerprint density at radius 1 is 1.29 bits per heavy atom. The molecule has 2 fully saturated rings. The first-order chi connectivity index (χ1) is 8.24. The van der Waals surface area contributed by atoms with Gasteiger partial charge < -0.3 is 10.1 Å². The van der Waals surface area contributed by atoms with Crippen LogP contribution >= 0.6 is 0 Å². The maximum absolute atomic E-state index is 6.34. The van der Waals surface area contributed by atoms with Gasteiger partial charge in [-0.1, -0.05) is 19.8 Å². The van der Waals surface area contributed by atoms with Gasteiger partial charge in [0.1, 0.15) is 0 Å². The van der Waals surface area contributed by atoms with E-state index in [-0.39, 0.29) is 0 Å². The summed E-state index contributed by atoms with van der Waals surface area (Å²) in [5, 5.41) is 3.56. The summed E-state index contributed by atoms with van der Waals surface area (Å²) in [5.74, 6) is 0. The zero-order chi connectivity index (χ0) is 12.1. The summed E-state index contributed by atoms with van der Waals surface area (Å²) >= 11 is 0. The Hall–Kier alpha value is -0.0800. The number of nitrogens with one attached hydrogen (secondary N) is 1. The minimum Gasteiger partial charge on any atom is -0.372 e. The first-order valence-electron chi connectivity index (χ1n) is 7.65. The SMILES string of the molecule is CCCNC(C)CCC1CCC2(CCCC2)O1. The van der Waals surface area contributed by atoms with Gasteiger partial charge in [0.2, 0.25) is 0 Å². The van der Waals surface area contributed by atoms with Crippen LogP contribution < -0.4 is 5.32 Å². The second-order valence-electron chi connectivity index (χ2n) is 6.10. The van der Waals surface area contributed by atoms with Crippen molar-refractivity contribution in [3.8, 4) is 0 Å². The van der Waals surface area contributed by atoms with Crippen LogP contribution in [0.25, 0.3) is 0 Å². The lowest BCUT2D eigenvalue weighted by Gasteiger charge is -2.24. The fraction of sp³-hybridized carbons (Fsp3) is 1.00. The number of rotatable bonds is 6. The van der Waals surface area contributed by atoms with Gasteiger partial charge in [0.05, 0.1) is 11.7 Å². The highest BCUT2D eigenvalue weighted by atomic mass is 16.5. The van der Waals surface area contributed by atoms with Crippen LogP contribution in [0.3, 0.4) is 0 Å². The molecular formula is C15H29NO. The molecule has 17 heavy (non-hydrogen) atoms. The summed E-state index contributed by atoms with van der Waals surface area (Å²) < 4.78 is 6.34. The summed E-state index contributed by atoms with van der Waals surface area (Å²) in [6.07, 6.45) is 12.4. The highest BCUT2D eigenvalue weighted by molar-refractivity contribution is 4.92. The monoisotopic (exact) mass is 239 g/mol. The molecule has 1 aliphatic heterocycles. The molecule has 0 aromatic heterocycles. The average molecular weight is 239 g/mol. The smallest absolute Gasteiger partial charge is 0.0687 e. The van der Waals surface area contributed by atoms with Crippen molar-refractivity contribution in [2.75, 3.05) is 6.54 Å². The highest BCUT2D eigenvalue weighted by Crippen LogP contribution is 2.44. The molecule has 1 N–H and O–H groups in total. The summed E-state index contributed by atoms with van der Waals surface area (Å²) in [7, 11) is 0. The van der Waals surface area contributed by atoms with Gasteiger partial charge in [0, 0.05) is 6.04 Å². The Morgan fingerprint density at radius 3 is 2.76 bits per heavy atom. The number of ether oxygens (including phenoxy) is 1. The topological polar surface area (TPSA) is 21.3 Å². The molecule has 1 aliphatic carbocycles. The fourth-order valence-electron chi connectivity index (χ4n) is 3.41. The van der Waals surface area contributed by atoms with E-state index < -0.39 is 0 Å². The first kappa shape index (κ1) is 13.4. The van der Waals surface area contributed by atoms with E-state index in [4.69, 9.17) is 4.74 Å². The standard InChI is InChI=1S/C15H29NO/c1-3-12-16-13(2)6-7-14-8-11-15(17-14)9-4-5-10-15/h13-14,16H,3-12H2,1-2H3. The van der Waals surface area contributed by atoms with Gasteiger partial charge in [-0.15, -0.1) is 0 Å². The number of hydrogen-bond acceptors (Lipinski definition) is 2. The van der Waals surface area contributed by atoms with Crippen molar-refractivity contribution in [2.45, 2.75) is 89.4 Å². The Bertz CT molecular complexity index is 223. The van der Waals surface area contributed by atoms with Crippen molar-refractivity contribution in [1.29, 1.82) is 0 Å². The molecule has 2 heteroatoms. The quantitative estimate of drug-likeness (QED) is 0.764. The molecule has 100 valence electrons. The lowest BCUT2D eigenvalue weighted by molar-refractivity contribution is -0.0400. The summed E-state index contributed by atoms with van der Waals surface area (Å²) in [4.78, 5) is 0. The lowest BCUT2D eigenvalue weighted by atomic mass is 9.97. The Kier molecular flexibility index (Phi) is 4.87.